The highest BCUT2D eigenvalue weighted by Crippen LogP contribution is 2.44. The van der Waals surface area contributed by atoms with Gasteiger partial charge in [0.15, 0.2) is 0 Å². The fourth-order valence-corrected chi connectivity index (χ4v) is 4.67. The van der Waals surface area contributed by atoms with E-state index in [2.05, 4.69) is 0 Å². The third-order valence-corrected chi connectivity index (χ3v) is 6.67. The Kier molecular flexibility index (Phi) is 6.14. The zero-order valence-corrected chi connectivity index (χ0v) is 17.0. The van der Waals surface area contributed by atoms with Gasteiger partial charge in [0, 0.05) is 18.4 Å². The maximum atomic E-state index is 12.9. The number of alkyl halides is 3. The second-order valence-electron chi connectivity index (χ2n) is 8.86. The average molecular weight is 436 g/mol. The molecule has 0 unspecified atom stereocenters. The minimum atomic E-state index is -4.37. The lowest BCUT2D eigenvalue weighted by Gasteiger charge is -2.40. The molecular formula is C24H27F3O4. The summed E-state index contributed by atoms with van der Waals surface area (Å²) in [5, 5.41) is 40.4. The van der Waals surface area contributed by atoms with Gasteiger partial charge in [-0.15, -0.1) is 0 Å². The quantitative estimate of drug-likeness (QED) is 0.580. The fraction of sp³-hybridized carbons (Fsp3) is 0.500. The molecule has 2 aliphatic carbocycles. The van der Waals surface area contributed by atoms with E-state index in [1.54, 1.807) is 0 Å². The Morgan fingerprint density at radius 1 is 0.871 bits per heavy atom. The summed E-state index contributed by atoms with van der Waals surface area (Å²) in [5.41, 5.74) is 3.03. The average Bonchev–Trinajstić information content (AvgIpc) is 3.57. The first-order valence-electron chi connectivity index (χ1n) is 10.6. The number of hydrogen-bond donors (Lipinski definition) is 4. The van der Waals surface area contributed by atoms with E-state index in [1.807, 2.05) is 18.2 Å². The van der Waals surface area contributed by atoms with Crippen molar-refractivity contribution in [3.05, 3.63) is 70.3 Å². The number of aliphatic hydroxyl groups excluding tert-OH is 4. The van der Waals surface area contributed by atoms with Crippen LogP contribution in [0.1, 0.15) is 58.9 Å². The van der Waals surface area contributed by atoms with Crippen molar-refractivity contribution in [3.8, 4) is 0 Å². The van der Waals surface area contributed by atoms with E-state index in [0.29, 0.717) is 18.8 Å². The Bertz CT molecular complexity index is 906. The number of halogens is 3. The summed E-state index contributed by atoms with van der Waals surface area (Å²) >= 11 is 0. The second-order valence-corrected chi connectivity index (χ2v) is 8.86. The molecule has 7 heteroatoms. The highest BCUT2D eigenvalue weighted by Gasteiger charge is 2.43. The highest BCUT2D eigenvalue weighted by atomic mass is 19.4. The minimum Gasteiger partial charge on any atom is -0.396 e. The van der Waals surface area contributed by atoms with E-state index < -0.39 is 41.9 Å². The molecule has 2 aliphatic rings. The Morgan fingerprint density at radius 3 is 2.13 bits per heavy atom. The molecule has 2 aromatic rings. The lowest BCUT2D eigenvalue weighted by atomic mass is 9.72. The SMILES string of the molecule is OC[C@H]1C[C@@H](c2ccc(C3CC3)c(Cc3ccc(C(F)(F)F)cc3)c2)[C@H](O)[C@@H](O)[C@@H]1O. The van der Waals surface area contributed by atoms with Crippen LogP contribution in [0.15, 0.2) is 42.5 Å². The molecule has 2 aromatic carbocycles. The predicted molar refractivity (Wildman–Crippen MR) is 109 cm³/mol. The molecule has 4 rings (SSSR count). The van der Waals surface area contributed by atoms with Crippen molar-refractivity contribution in [3.63, 3.8) is 0 Å². The van der Waals surface area contributed by atoms with Gasteiger partial charge in [-0.05, 0) is 66.0 Å². The zero-order chi connectivity index (χ0) is 22.3. The zero-order valence-electron chi connectivity index (χ0n) is 17.0. The Balaban J connectivity index is 1.63. The second kappa shape index (κ2) is 8.54. The van der Waals surface area contributed by atoms with E-state index >= 15 is 0 Å². The molecule has 0 heterocycles. The normalized spacial score (nSPS) is 29.2. The van der Waals surface area contributed by atoms with Crippen LogP contribution in [0.3, 0.4) is 0 Å². The molecule has 0 amide bonds. The molecule has 2 fully saturated rings. The van der Waals surface area contributed by atoms with Crippen molar-refractivity contribution >= 4 is 0 Å². The molecule has 0 radical (unpaired) electrons. The summed E-state index contributed by atoms with van der Waals surface area (Å²) in [5.74, 6) is -0.549. The van der Waals surface area contributed by atoms with E-state index in [-0.39, 0.29) is 6.61 Å². The molecule has 4 N–H and O–H groups in total. The molecular weight excluding hydrogens is 409 g/mol. The van der Waals surface area contributed by atoms with Crippen LogP contribution in [-0.4, -0.2) is 45.3 Å². The Labute approximate surface area is 179 Å². The topological polar surface area (TPSA) is 80.9 Å². The van der Waals surface area contributed by atoms with E-state index in [1.165, 1.54) is 12.1 Å². The largest absolute Gasteiger partial charge is 0.416 e. The van der Waals surface area contributed by atoms with Gasteiger partial charge in [0.1, 0.15) is 6.10 Å². The number of benzene rings is 2. The van der Waals surface area contributed by atoms with Crippen LogP contribution in [0.2, 0.25) is 0 Å². The van der Waals surface area contributed by atoms with Crippen LogP contribution in [0.25, 0.3) is 0 Å². The number of aliphatic hydroxyl groups is 4. The van der Waals surface area contributed by atoms with Crippen LogP contribution >= 0.6 is 0 Å². The lowest BCUT2D eigenvalue weighted by Crippen LogP contribution is -2.51. The lowest BCUT2D eigenvalue weighted by molar-refractivity contribution is -0.137. The van der Waals surface area contributed by atoms with E-state index in [9.17, 15) is 33.6 Å². The standard InChI is InChI=1S/C24H27F3O4/c25-24(26,27)18-6-1-13(2-7-18)9-16-10-15(5-8-19(16)14-3-4-14)20-11-17(12-28)21(29)23(31)22(20)30/h1-2,5-8,10,14,17,20-23,28-31H,3-4,9,11-12H2/t17-,20+,21-,22+,23+/m1/s1. The summed E-state index contributed by atoms with van der Waals surface area (Å²) in [6, 6.07) is 11.0. The third-order valence-electron chi connectivity index (χ3n) is 6.67. The predicted octanol–water partition coefficient (Wildman–Crippen LogP) is 3.35. The maximum absolute atomic E-state index is 12.9. The fourth-order valence-electron chi connectivity index (χ4n) is 4.67. The van der Waals surface area contributed by atoms with Gasteiger partial charge in [-0.1, -0.05) is 30.3 Å². The molecule has 0 bridgehead atoms. The van der Waals surface area contributed by atoms with Crippen molar-refractivity contribution in [1.29, 1.82) is 0 Å². The molecule has 31 heavy (non-hydrogen) atoms. The van der Waals surface area contributed by atoms with Gasteiger partial charge in [-0.2, -0.15) is 13.2 Å². The summed E-state index contributed by atoms with van der Waals surface area (Å²) in [6.45, 7) is -0.292. The molecule has 4 nitrogen and oxygen atoms in total. The van der Waals surface area contributed by atoms with Crippen molar-refractivity contribution in [2.75, 3.05) is 6.61 Å². The number of rotatable bonds is 5. The third kappa shape index (κ3) is 4.65. The first-order valence-corrected chi connectivity index (χ1v) is 10.6. The summed E-state index contributed by atoms with van der Waals surface area (Å²) < 4.78 is 38.6. The van der Waals surface area contributed by atoms with Crippen molar-refractivity contribution in [2.24, 2.45) is 5.92 Å². The van der Waals surface area contributed by atoms with Crippen LogP contribution < -0.4 is 0 Å². The van der Waals surface area contributed by atoms with Crippen molar-refractivity contribution in [2.45, 2.75) is 62.0 Å². The monoisotopic (exact) mass is 436 g/mol. The van der Waals surface area contributed by atoms with Gasteiger partial charge in [0.25, 0.3) is 0 Å². The Hall–Kier alpha value is -1.93. The van der Waals surface area contributed by atoms with Gasteiger partial charge in [-0.3, -0.25) is 0 Å². The van der Waals surface area contributed by atoms with Gasteiger partial charge in [0.2, 0.25) is 0 Å². The first kappa shape index (κ1) is 22.3. The molecule has 0 aromatic heterocycles. The van der Waals surface area contributed by atoms with Gasteiger partial charge in [-0.25, -0.2) is 0 Å². The molecule has 0 aliphatic heterocycles. The van der Waals surface area contributed by atoms with Crippen LogP contribution in [0, 0.1) is 5.92 Å². The van der Waals surface area contributed by atoms with Gasteiger partial charge in [0.05, 0.1) is 17.8 Å². The molecule has 168 valence electrons. The van der Waals surface area contributed by atoms with E-state index in [0.717, 1.165) is 47.2 Å². The van der Waals surface area contributed by atoms with Gasteiger partial charge >= 0.3 is 6.18 Å². The van der Waals surface area contributed by atoms with Crippen LogP contribution in [0.4, 0.5) is 13.2 Å². The van der Waals surface area contributed by atoms with Gasteiger partial charge < -0.3 is 20.4 Å². The van der Waals surface area contributed by atoms with Crippen LogP contribution in [-0.2, 0) is 12.6 Å². The number of hydrogen-bond acceptors (Lipinski definition) is 4. The Morgan fingerprint density at radius 2 is 1.55 bits per heavy atom. The van der Waals surface area contributed by atoms with Crippen molar-refractivity contribution < 1.29 is 33.6 Å². The molecule has 0 saturated heterocycles. The molecule has 5 atom stereocenters. The van der Waals surface area contributed by atoms with Crippen LogP contribution in [0.5, 0.6) is 0 Å². The minimum absolute atomic E-state index is 0.292. The first-order chi connectivity index (χ1) is 14.7. The smallest absolute Gasteiger partial charge is 0.396 e. The van der Waals surface area contributed by atoms with Crippen molar-refractivity contribution in [1.82, 2.24) is 0 Å². The summed E-state index contributed by atoms with van der Waals surface area (Å²) in [6.07, 6.45) is -5.13. The summed E-state index contributed by atoms with van der Waals surface area (Å²) in [4.78, 5) is 0. The summed E-state index contributed by atoms with van der Waals surface area (Å²) in [7, 11) is 0. The van der Waals surface area contributed by atoms with E-state index in [4.69, 9.17) is 0 Å². The molecule has 2 saturated carbocycles. The highest BCUT2D eigenvalue weighted by molar-refractivity contribution is 5.42. The maximum Gasteiger partial charge on any atom is 0.416 e. The molecule has 0 spiro atoms.